The van der Waals surface area contributed by atoms with E-state index in [1.54, 1.807) is 7.11 Å². The molecule has 3 aliphatic heterocycles. The molecule has 0 aromatic rings. The zero-order valence-corrected chi connectivity index (χ0v) is 12.0. The van der Waals surface area contributed by atoms with E-state index in [0.717, 1.165) is 0 Å². The zero-order valence-electron chi connectivity index (χ0n) is 12.0. The molecule has 0 spiro atoms. The van der Waals surface area contributed by atoms with E-state index in [4.69, 9.17) is 29.2 Å². The number of hydrogen-bond donors (Lipinski definition) is 0. The standard InChI is InChI=1S/C12H19N3O5/c1-11(2)19-8-6-7(18-10(8)20-11)9(14-15-13)12(3,16-4)5-17-6/h6-10H,5H2,1-4H3/t6-,7+,8-,9+,10-,12-/m1/s1. The van der Waals surface area contributed by atoms with Crippen molar-refractivity contribution in [2.45, 2.75) is 62.8 Å². The van der Waals surface area contributed by atoms with Crippen LogP contribution in [0.15, 0.2) is 5.11 Å². The van der Waals surface area contributed by atoms with Gasteiger partial charge in [0.25, 0.3) is 0 Å². The Labute approximate surface area is 116 Å². The van der Waals surface area contributed by atoms with E-state index in [1.807, 2.05) is 20.8 Å². The predicted molar refractivity (Wildman–Crippen MR) is 66.8 cm³/mol. The quantitative estimate of drug-likeness (QED) is 0.433. The minimum Gasteiger partial charge on any atom is -0.376 e. The fourth-order valence-corrected chi connectivity index (χ4v) is 3.07. The van der Waals surface area contributed by atoms with Gasteiger partial charge in [-0.15, -0.1) is 0 Å². The molecule has 3 fully saturated rings. The predicted octanol–water partition coefficient (Wildman–Crippen LogP) is 1.35. The lowest BCUT2D eigenvalue weighted by Crippen LogP contribution is -2.60. The molecule has 20 heavy (non-hydrogen) atoms. The van der Waals surface area contributed by atoms with Crippen LogP contribution in [0.3, 0.4) is 0 Å². The van der Waals surface area contributed by atoms with Gasteiger partial charge in [0.2, 0.25) is 0 Å². The van der Waals surface area contributed by atoms with E-state index < -0.39 is 29.8 Å². The molecule has 0 unspecified atom stereocenters. The van der Waals surface area contributed by atoms with Crippen LogP contribution < -0.4 is 0 Å². The molecule has 0 N–H and O–H groups in total. The van der Waals surface area contributed by atoms with E-state index >= 15 is 0 Å². The smallest absolute Gasteiger partial charge is 0.190 e. The molecule has 3 heterocycles. The number of hydrogen-bond acceptors (Lipinski definition) is 6. The van der Waals surface area contributed by atoms with Crippen LogP contribution in [-0.2, 0) is 23.7 Å². The van der Waals surface area contributed by atoms with Crippen molar-refractivity contribution in [1.82, 2.24) is 0 Å². The Hall–Kier alpha value is -0.890. The highest BCUT2D eigenvalue weighted by Gasteiger charge is 2.62. The molecule has 0 aliphatic carbocycles. The number of rotatable bonds is 2. The largest absolute Gasteiger partial charge is 0.376 e. The first-order valence-corrected chi connectivity index (χ1v) is 6.62. The van der Waals surface area contributed by atoms with Crippen molar-refractivity contribution in [1.29, 1.82) is 0 Å². The highest BCUT2D eigenvalue weighted by atomic mass is 16.8. The fraction of sp³-hybridized carbons (Fsp3) is 1.00. The second-order valence-corrected chi connectivity index (χ2v) is 6.01. The summed E-state index contributed by atoms with van der Waals surface area (Å²) >= 11 is 0. The first-order valence-electron chi connectivity index (χ1n) is 6.62. The summed E-state index contributed by atoms with van der Waals surface area (Å²) in [6.07, 6.45) is -1.57. The molecule has 3 aliphatic rings. The molecule has 0 saturated carbocycles. The maximum Gasteiger partial charge on any atom is 0.190 e. The van der Waals surface area contributed by atoms with E-state index in [0.29, 0.717) is 6.61 Å². The van der Waals surface area contributed by atoms with Crippen LogP contribution in [0.5, 0.6) is 0 Å². The Morgan fingerprint density at radius 2 is 1.95 bits per heavy atom. The molecule has 0 bridgehead atoms. The summed E-state index contributed by atoms with van der Waals surface area (Å²) in [5.74, 6) is -0.695. The molecule has 6 atom stereocenters. The zero-order chi connectivity index (χ0) is 14.5. The molecule has 3 rings (SSSR count). The lowest BCUT2D eigenvalue weighted by Gasteiger charge is -2.44. The van der Waals surface area contributed by atoms with Crippen LogP contribution in [-0.4, -0.2) is 55.7 Å². The topological polar surface area (TPSA) is 94.9 Å². The highest BCUT2D eigenvalue weighted by molar-refractivity contribution is 5.08. The van der Waals surface area contributed by atoms with Crippen molar-refractivity contribution in [3.05, 3.63) is 10.4 Å². The minimum absolute atomic E-state index is 0.310. The maximum absolute atomic E-state index is 8.80. The van der Waals surface area contributed by atoms with Crippen LogP contribution in [0.4, 0.5) is 0 Å². The Morgan fingerprint density at radius 3 is 2.60 bits per heavy atom. The third-order valence-electron chi connectivity index (χ3n) is 4.17. The van der Waals surface area contributed by atoms with Crippen LogP contribution in [0.25, 0.3) is 10.4 Å². The average Bonchev–Trinajstić information content (AvgIpc) is 2.85. The lowest BCUT2D eigenvalue weighted by molar-refractivity contribution is -0.248. The van der Waals surface area contributed by atoms with Gasteiger partial charge >= 0.3 is 0 Å². The molecule has 8 heteroatoms. The van der Waals surface area contributed by atoms with E-state index in [2.05, 4.69) is 10.0 Å². The summed E-state index contributed by atoms with van der Waals surface area (Å²) in [5, 5.41) is 3.85. The Kier molecular flexibility index (Phi) is 3.20. The average molecular weight is 285 g/mol. The van der Waals surface area contributed by atoms with Crippen molar-refractivity contribution in [2.75, 3.05) is 13.7 Å². The van der Waals surface area contributed by atoms with E-state index in [1.165, 1.54) is 0 Å². The van der Waals surface area contributed by atoms with Crippen LogP contribution in [0.1, 0.15) is 20.8 Å². The molecule has 0 radical (unpaired) electrons. The molecule has 3 saturated heterocycles. The number of nitrogens with zero attached hydrogens (tertiary/aromatic N) is 3. The first kappa shape index (κ1) is 14.1. The second-order valence-electron chi connectivity index (χ2n) is 6.01. The van der Waals surface area contributed by atoms with Gasteiger partial charge in [0, 0.05) is 12.0 Å². The molecule has 8 nitrogen and oxygen atoms in total. The third kappa shape index (κ3) is 2.00. The summed E-state index contributed by atoms with van der Waals surface area (Å²) in [6.45, 7) is 5.81. The lowest BCUT2D eigenvalue weighted by atomic mass is 9.87. The number of ether oxygens (including phenoxy) is 5. The molecule has 112 valence electrons. The van der Waals surface area contributed by atoms with Gasteiger partial charge in [0.15, 0.2) is 12.1 Å². The molecular weight excluding hydrogens is 266 g/mol. The van der Waals surface area contributed by atoms with Crippen molar-refractivity contribution in [3.8, 4) is 0 Å². The summed E-state index contributed by atoms with van der Waals surface area (Å²) in [6, 6.07) is -0.489. The van der Waals surface area contributed by atoms with Crippen molar-refractivity contribution < 1.29 is 23.7 Å². The van der Waals surface area contributed by atoms with E-state index in [-0.39, 0.29) is 12.2 Å². The summed E-state index contributed by atoms with van der Waals surface area (Å²) in [5.41, 5.74) is 8.08. The van der Waals surface area contributed by atoms with Gasteiger partial charge in [0.05, 0.1) is 18.2 Å². The number of azide groups is 1. The van der Waals surface area contributed by atoms with Crippen LogP contribution >= 0.6 is 0 Å². The molecule has 0 aromatic carbocycles. The van der Waals surface area contributed by atoms with Crippen LogP contribution in [0.2, 0.25) is 0 Å². The first-order chi connectivity index (χ1) is 9.40. The summed E-state index contributed by atoms with van der Waals surface area (Å²) in [7, 11) is 1.56. The van der Waals surface area contributed by atoms with Gasteiger partial charge in [-0.25, -0.2) is 0 Å². The second kappa shape index (κ2) is 4.56. The number of fused-ring (bicyclic) bond motifs is 3. The van der Waals surface area contributed by atoms with Gasteiger partial charge in [-0.2, -0.15) is 0 Å². The number of methoxy groups -OCH3 is 1. The maximum atomic E-state index is 8.80. The van der Waals surface area contributed by atoms with Crippen molar-refractivity contribution in [2.24, 2.45) is 5.11 Å². The van der Waals surface area contributed by atoms with Gasteiger partial charge in [-0.3, -0.25) is 0 Å². The SMILES string of the molecule is CO[C@]1(C)CO[C@H]2[C@H]3OC(C)(C)O[C@H]3O[C@@H]2[C@@H]1N=[N+]=[N-]. The Morgan fingerprint density at radius 1 is 1.20 bits per heavy atom. The summed E-state index contributed by atoms with van der Waals surface area (Å²) < 4.78 is 28.7. The Balaban J connectivity index is 1.86. The van der Waals surface area contributed by atoms with Crippen molar-refractivity contribution in [3.63, 3.8) is 0 Å². The normalized spacial score (nSPS) is 49.3. The Bertz CT molecular complexity index is 452. The van der Waals surface area contributed by atoms with Gasteiger partial charge < -0.3 is 23.7 Å². The minimum atomic E-state index is -0.721. The van der Waals surface area contributed by atoms with Gasteiger partial charge in [-0.05, 0) is 26.3 Å². The summed E-state index contributed by atoms with van der Waals surface area (Å²) in [4.78, 5) is 2.91. The van der Waals surface area contributed by atoms with Gasteiger partial charge in [0.1, 0.15) is 18.3 Å². The van der Waals surface area contributed by atoms with E-state index in [9.17, 15) is 0 Å². The molecule has 0 amide bonds. The third-order valence-corrected chi connectivity index (χ3v) is 4.17. The molecule has 0 aromatic heterocycles. The monoisotopic (exact) mass is 285 g/mol. The highest BCUT2D eigenvalue weighted by Crippen LogP contribution is 2.44. The van der Waals surface area contributed by atoms with Crippen molar-refractivity contribution >= 4 is 0 Å². The van der Waals surface area contributed by atoms with Gasteiger partial charge in [-0.1, -0.05) is 5.11 Å². The fourth-order valence-electron chi connectivity index (χ4n) is 3.07. The molecular formula is C12H19N3O5. The van der Waals surface area contributed by atoms with Crippen LogP contribution in [0, 0.1) is 0 Å².